The maximum absolute atomic E-state index is 6.09. The number of para-hydroxylation sites is 1. The maximum atomic E-state index is 6.09. The lowest BCUT2D eigenvalue weighted by Crippen LogP contribution is -2.38. The van der Waals surface area contributed by atoms with Crippen LogP contribution in [0.25, 0.3) is 0 Å². The molecule has 0 aliphatic carbocycles. The molecule has 3 rings (SSSR count). The molecular formula is C16H23NO2. The van der Waals surface area contributed by atoms with E-state index in [0.29, 0.717) is 6.10 Å². The van der Waals surface area contributed by atoms with Crippen LogP contribution in [0, 0.1) is 5.41 Å². The van der Waals surface area contributed by atoms with Gasteiger partial charge in [-0.2, -0.15) is 0 Å². The van der Waals surface area contributed by atoms with E-state index in [1.165, 1.54) is 5.56 Å². The van der Waals surface area contributed by atoms with Crippen LogP contribution in [0.3, 0.4) is 0 Å². The van der Waals surface area contributed by atoms with E-state index in [1.807, 2.05) is 6.07 Å². The summed E-state index contributed by atoms with van der Waals surface area (Å²) in [5.74, 6) is 1.07. The van der Waals surface area contributed by atoms with Gasteiger partial charge in [0, 0.05) is 25.0 Å². The van der Waals surface area contributed by atoms with Gasteiger partial charge in [0.25, 0.3) is 0 Å². The molecule has 1 fully saturated rings. The monoisotopic (exact) mass is 261 g/mol. The van der Waals surface area contributed by atoms with Gasteiger partial charge in [0.15, 0.2) is 0 Å². The SMILES string of the molecule is CCNCC1(CC2Cc3ccccc3O2)CCOC1. The second-order valence-electron chi connectivity index (χ2n) is 5.84. The summed E-state index contributed by atoms with van der Waals surface area (Å²) in [5.41, 5.74) is 1.62. The minimum atomic E-state index is 0.267. The van der Waals surface area contributed by atoms with Gasteiger partial charge in [-0.15, -0.1) is 0 Å². The van der Waals surface area contributed by atoms with Gasteiger partial charge in [0.2, 0.25) is 0 Å². The molecule has 0 spiro atoms. The fourth-order valence-electron chi connectivity index (χ4n) is 3.26. The summed E-state index contributed by atoms with van der Waals surface area (Å²) in [7, 11) is 0. The zero-order valence-corrected chi connectivity index (χ0v) is 11.7. The van der Waals surface area contributed by atoms with E-state index < -0.39 is 0 Å². The topological polar surface area (TPSA) is 30.5 Å². The highest BCUT2D eigenvalue weighted by atomic mass is 16.5. The largest absolute Gasteiger partial charge is 0.490 e. The Morgan fingerprint density at radius 1 is 1.37 bits per heavy atom. The van der Waals surface area contributed by atoms with Crippen molar-refractivity contribution in [3.8, 4) is 5.75 Å². The molecule has 2 heterocycles. The van der Waals surface area contributed by atoms with Crippen LogP contribution >= 0.6 is 0 Å². The van der Waals surface area contributed by atoms with E-state index in [1.54, 1.807) is 0 Å². The summed E-state index contributed by atoms with van der Waals surface area (Å²) in [4.78, 5) is 0. The molecule has 1 aromatic rings. The number of hydrogen-bond donors (Lipinski definition) is 1. The van der Waals surface area contributed by atoms with E-state index in [-0.39, 0.29) is 5.41 Å². The molecule has 2 aliphatic rings. The van der Waals surface area contributed by atoms with Crippen molar-refractivity contribution in [3.63, 3.8) is 0 Å². The molecule has 3 nitrogen and oxygen atoms in total. The van der Waals surface area contributed by atoms with Crippen molar-refractivity contribution in [1.82, 2.24) is 5.32 Å². The predicted molar refractivity (Wildman–Crippen MR) is 75.6 cm³/mol. The Morgan fingerprint density at radius 3 is 3.00 bits per heavy atom. The molecule has 0 aromatic heterocycles. The van der Waals surface area contributed by atoms with Gasteiger partial charge in [-0.1, -0.05) is 25.1 Å². The second kappa shape index (κ2) is 5.51. The van der Waals surface area contributed by atoms with E-state index in [4.69, 9.17) is 9.47 Å². The molecular weight excluding hydrogens is 238 g/mol. The predicted octanol–water partition coefficient (Wildman–Crippen LogP) is 2.40. The van der Waals surface area contributed by atoms with Gasteiger partial charge in [0.05, 0.1) is 6.61 Å². The van der Waals surface area contributed by atoms with Crippen LogP contribution in [0.5, 0.6) is 5.75 Å². The Morgan fingerprint density at radius 2 is 2.26 bits per heavy atom. The highest BCUT2D eigenvalue weighted by Gasteiger charge is 2.39. The highest BCUT2D eigenvalue weighted by Crippen LogP contribution is 2.38. The molecule has 1 aromatic carbocycles. The lowest BCUT2D eigenvalue weighted by Gasteiger charge is -2.30. The first-order valence-electron chi connectivity index (χ1n) is 7.34. The fourth-order valence-corrected chi connectivity index (χ4v) is 3.26. The molecule has 2 unspecified atom stereocenters. The van der Waals surface area contributed by atoms with Gasteiger partial charge < -0.3 is 14.8 Å². The molecule has 2 aliphatic heterocycles. The summed E-state index contributed by atoms with van der Waals surface area (Å²) in [6.07, 6.45) is 3.60. The lowest BCUT2D eigenvalue weighted by molar-refractivity contribution is 0.102. The molecule has 104 valence electrons. The van der Waals surface area contributed by atoms with Crippen LogP contribution in [0.2, 0.25) is 0 Å². The van der Waals surface area contributed by atoms with Crippen molar-refractivity contribution >= 4 is 0 Å². The number of fused-ring (bicyclic) bond motifs is 1. The summed E-state index contributed by atoms with van der Waals surface area (Å²) in [6.45, 7) is 5.99. The normalized spacial score (nSPS) is 29.2. The fraction of sp³-hybridized carbons (Fsp3) is 0.625. The Balaban J connectivity index is 1.64. The van der Waals surface area contributed by atoms with Crippen molar-refractivity contribution < 1.29 is 9.47 Å². The number of hydrogen-bond acceptors (Lipinski definition) is 3. The Kier molecular flexibility index (Phi) is 3.76. The number of benzene rings is 1. The molecule has 3 heteroatoms. The quantitative estimate of drug-likeness (QED) is 0.883. The minimum absolute atomic E-state index is 0.267. The van der Waals surface area contributed by atoms with Crippen LogP contribution in [-0.4, -0.2) is 32.4 Å². The molecule has 0 bridgehead atoms. The van der Waals surface area contributed by atoms with Gasteiger partial charge >= 0.3 is 0 Å². The van der Waals surface area contributed by atoms with Crippen LogP contribution in [0.4, 0.5) is 0 Å². The van der Waals surface area contributed by atoms with Crippen LogP contribution in [0.15, 0.2) is 24.3 Å². The molecule has 1 N–H and O–H groups in total. The smallest absolute Gasteiger partial charge is 0.123 e. The van der Waals surface area contributed by atoms with Crippen molar-refractivity contribution in [2.75, 3.05) is 26.3 Å². The zero-order chi connectivity index (χ0) is 13.1. The standard InChI is InChI=1S/C16H23NO2/c1-2-17-11-16(7-8-18-12-16)10-14-9-13-5-3-4-6-15(13)19-14/h3-6,14,17H,2,7-12H2,1H3. The first-order valence-corrected chi connectivity index (χ1v) is 7.34. The third kappa shape index (κ3) is 2.77. The summed E-state index contributed by atoms with van der Waals surface area (Å²) >= 11 is 0. The van der Waals surface area contributed by atoms with E-state index in [0.717, 1.165) is 51.3 Å². The van der Waals surface area contributed by atoms with Crippen LogP contribution in [-0.2, 0) is 11.2 Å². The second-order valence-corrected chi connectivity index (χ2v) is 5.84. The van der Waals surface area contributed by atoms with Gasteiger partial charge in [-0.25, -0.2) is 0 Å². The molecule has 2 atom stereocenters. The van der Waals surface area contributed by atoms with Crippen molar-refractivity contribution in [2.24, 2.45) is 5.41 Å². The summed E-state index contributed by atoms with van der Waals surface area (Å²) in [5, 5.41) is 3.49. The zero-order valence-electron chi connectivity index (χ0n) is 11.7. The summed E-state index contributed by atoms with van der Waals surface area (Å²) < 4.78 is 11.7. The number of ether oxygens (including phenoxy) is 2. The van der Waals surface area contributed by atoms with E-state index >= 15 is 0 Å². The number of nitrogens with one attached hydrogen (secondary N) is 1. The molecule has 0 radical (unpaired) electrons. The summed E-state index contributed by atoms with van der Waals surface area (Å²) in [6, 6.07) is 8.40. The van der Waals surface area contributed by atoms with Gasteiger partial charge in [0.1, 0.15) is 11.9 Å². The Hall–Kier alpha value is -1.06. The molecule has 19 heavy (non-hydrogen) atoms. The first-order chi connectivity index (χ1) is 9.31. The Bertz CT molecular complexity index is 402. The maximum Gasteiger partial charge on any atom is 0.123 e. The highest BCUT2D eigenvalue weighted by molar-refractivity contribution is 5.37. The van der Waals surface area contributed by atoms with E-state index in [2.05, 4.69) is 30.4 Å². The van der Waals surface area contributed by atoms with Gasteiger partial charge in [-0.05, 0) is 31.0 Å². The average Bonchev–Trinajstić information content (AvgIpc) is 3.03. The van der Waals surface area contributed by atoms with Crippen molar-refractivity contribution in [3.05, 3.63) is 29.8 Å². The van der Waals surface area contributed by atoms with Crippen LogP contribution < -0.4 is 10.1 Å². The third-order valence-electron chi connectivity index (χ3n) is 4.31. The average molecular weight is 261 g/mol. The number of rotatable bonds is 5. The first kappa shape index (κ1) is 12.9. The minimum Gasteiger partial charge on any atom is -0.490 e. The molecule has 0 saturated carbocycles. The third-order valence-corrected chi connectivity index (χ3v) is 4.31. The van der Waals surface area contributed by atoms with Crippen molar-refractivity contribution in [1.29, 1.82) is 0 Å². The molecule has 1 saturated heterocycles. The van der Waals surface area contributed by atoms with E-state index in [9.17, 15) is 0 Å². The van der Waals surface area contributed by atoms with Crippen LogP contribution in [0.1, 0.15) is 25.3 Å². The van der Waals surface area contributed by atoms with Gasteiger partial charge in [-0.3, -0.25) is 0 Å². The van der Waals surface area contributed by atoms with Crippen molar-refractivity contribution in [2.45, 2.75) is 32.3 Å². The lowest BCUT2D eigenvalue weighted by atomic mass is 9.80. The Labute approximate surface area is 115 Å². The molecule has 0 amide bonds.